The Morgan fingerprint density at radius 1 is 0.421 bits per heavy atom. The molecule has 0 fully saturated rings. The van der Waals surface area contributed by atoms with Gasteiger partial charge in [0.1, 0.15) is 0 Å². The Labute approximate surface area is 135 Å². The topological polar surface area (TPSA) is 0 Å². The van der Waals surface area contributed by atoms with E-state index in [0.29, 0.717) is 0 Å². The van der Waals surface area contributed by atoms with Crippen molar-refractivity contribution in [3.63, 3.8) is 0 Å². The van der Waals surface area contributed by atoms with Crippen molar-refractivity contribution in [1.29, 1.82) is 0 Å². The first kappa shape index (κ1) is 19.9. The van der Waals surface area contributed by atoms with Gasteiger partial charge in [-0.15, -0.1) is 23.2 Å². The maximum Gasteiger partial charge on any atom is 0.0223 e. The van der Waals surface area contributed by atoms with Crippen molar-refractivity contribution >= 4 is 35.0 Å². The first-order valence-corrected chi connectivity index (χ1v) is 10.3. The molecular weight excluding hydrogens is 295 g/mol. The summed E-state index contributed by atoms with van der Waals surface area (Å²) >= 11 is 13.4. The maximum absolute atomic E-state index is 5.65. The van der Waals surface area contributed by atoms with Crippen molar-refractivity contribution < 1.29 is 0 Å². The van der Waals surface area contributed by atoms with Gasteiger partial charge in [-0.25, -0.2) is 0 Å². The van der Waals surface area contributed by atoms with Gasteiger partial charge in [-0.05, 0) is 37.2 Å². The highest BCUT2D eigenvalue weighted by Crippen LogP contribution is 2.13. The minimum atomic E-state index is 0.835. The van der Waals surface area contributed by atoms with Crippen molar-refractivity contribution in [2.45, 2.75) is 77.0 Å². The predicted molar refractivity (Wildman–Crippen MR) is 94.2 cm³/mol. The summed E-state index contributed by atoms with van der Waals surface area (Å²) < 4.78 is 0. The number of rotatable bonds is 16. The van der Waals surface area contributed by atoms with E-state index in [0.717, 1.165) is 11.8 Å². The SMILES string of the molecule is ClCCCCCCCCSCCCCCCCCCl. The molecule has 0 amide bonds. The van der Waals surface area contributed by atoms with Crippen LogP contribution in [0.25, 0.3) is 0 Å². The molecule has 0 heterocycles. The fraction of sp³-hybridized carbons (Fsp3) is 1.00. The van der Waals surface area contributed by atoms with Gasteiger partial charge in [-0.2, -0.15) is 11.8 Å². The molecule has 0 saturated heterocycles. The molecule has 0 radical (unpaired) electrons. The molecule has 0 aromatic rings. The summed E-state index contributed by atoms with van der Waals surface area (Å²) in [5.41, 5.74) is 0. The molecule has 0 N–H and O–H groups in total. The van der Waals surface area contributed by atoms with Crippen LogP contribution in [0.4, 0.5) is 0 Å². The van der Waals surface area contributed by atoms with Gasteiger partial charge in [0, 0.05) is 11.8 Å². The summed E-state index contributed by atoms with van der Waals surface area (Å²) in [5.74, 6) is 4.40. The summed E-state index contributed by atoms with van der Waals surface area (Å²) in [6, 6.07) is 0. The second-order valence-electron chi connectivity index (χ2n) is 5.23. The van der Waals surface area contributed by atoms with Gasteiger partial charge in [-0.1, -0.05) is 51.4 Å². The lowest BCUT2D eigenvalue weighted by Crippen LogP contribution is -1.87. The molecule has 0 nitrogen and oxygen atoms in total. The van der Waals surface area contributed by atoms with Crippen molar-refractivity contribution in [3.05, 3.63) is 0 Å². The van der Waals surface area contributed by atoms with E-state index in [4.69, 9.17) is 23.2 Å². The van der Waals surface area contributed by atoms with E-state index in [-0.39, 0.29) is 0 Å². The number of hydrogen-bond acceptors (Lipinski definition) is 1. The first-order chi connectivity index (χ1) is 9.41. The molecule has 0 aromatic carbocycles. The van der Waals surface area contributed by atoms with Crippen LogP contribution in [0.2, 0.25) is 0 Å². The normalized spacial score (nSPS) is 11.1. The summed E-state index contributed by atoms with van der Waals surface area (Å²) in [4.78, 5) is 0. The van der Waals surface area contributed by atoms with E-state index in [1.807, 2.05) is 0 Å². The van der Waals surface area contributed by atoms with Crippen LogP contribution in [0.15, 0.2) is 0 Å². The molecule has 0 aliphatic rings. The zero-order valence-corrected chi connectivity index (χ0v) is 14.8. The Morgan fingerprint density at radius 3 is 1.11 bits per heavy atom. The number of thioether (sulfide) groups is 1. The Morgan fingerprint density at radius 2 is 0.737 bits per heavy atom. The third-order valence-electron chi connectivity index (χ3n) is 3.34. The fourth-order valence-corrected chi connectivity index (χ4v) is 3.51. The lowest BCUT2D eigenvalue weighted by Gasteiger charge is -2.03. The smallest absolute Gasteiger partial charge is 0.0223 e. The van der Waals surface area contributed by atoms with E-state index >= 15 is 0 Å². The zero-order chi connectivity index (χ0) is 14.0. The molecule has 0 aromatic heterocycles. The van der Waals surface area contributed by atoms with Gasteiger partial charge in [0.25, 0.3) is 0 Å². The van der Waals surface area contributed by atoms with Crippen LogP contribution >= 0.6 is 35.0 Å². The number of hydrogen-bond donors (Lipinski definition) is 0. The van der Waals surface area contributed by atoms with Crippen LogP contribution in [0.3, 0.4) is 0 Å². The minimum Gasteiger partial charge on any atom is -0.162 e. The molecule has 0 aliphatic heterocycles. The highest BCUT2D eigenvalue weighted by atomic mass is 35.5. The Hall–Kier alpha value is 0.930. The number of halogens is 2. The summed E-state index contributed by atoms with van der Waals surface area (Å²) in [5, 5.41) is 0. The molecule has 0 spiro atoms. The Bertz CT molecular complexity index is 138. The van der Waals surface area contributed by atoms with Gasteiger partial charge in [0.2, 0.25) is 0 Å². The van der Waals surface area contributed by atoms with Crippen LogP contribution in [-0.4, -0.2) is 23.3 Å². The highest BCUT2D eigenvalue weighted by molar-refractivity contribution is 7.99. The summed E-state index contributed by atoms with van der Waals surface area (Å²) in [6.07, 6.45) is 16.2. The fourth-order valence-electron chi connectivity index (χ4n) is 2.11. The lowest BCUT2D eigenvalue weighted by atomic mass is 10.1. The minimum absolute atomic E-state index is 0.835. The van der Waals surface area contributed by atoms with E-state index in [1.165, 1.54) is 88.6 Å². The Balaban J connectivity index is 2.88. The van der Waals surface area contributed by atoms with Crippen LogP contribution in [0, 0.1) is 0 Å². The molecule has 3 heteroatoms. The predicted octanol–water partition coefficient (Wildman–Crippen LogP) is 6.88. The first-order valence-electron chi connectivity index (χ1n) is 8.11. The standard InChI is InChI=1S/C16H32Cl2S/c17-13-9-5-1-3-7-11-15-19-16-12-8-4-2-6-10-14-18/h1-16H2. The monoisotopic (exact) mass is 326 g/mol. The molecule has 19 heavy (non-hydrogen) atoms. The largest absolute Gasteiger partial charge is 0.162 e. The quantitative estimate of drug-likeness (QED) is 0.220. The van der Waals surface area contributed by atoms with Crippen LogP contribution < -0.4 is 0 Å². The summed E-state index contributed by atoms with van der Waals surface area (Å²) in [6.45, 7) is 0. The summed E-state index contributed by atoms with van der Waals surface area (Å²) in [7, 11) is 0. The van der Waals surface area contributed by atoms with Crippen molar-refractivity contribution in [2.75, 3.05) is 23.3 Å². The average Bonchev–Trinajstić information content (AvgIpc) is 2.43. The van der Waals surface area contributed by atoms with Crippen LogP contribution in [-0.2, 0) is 0 Å². The molecule has 0 unspecified atom stereocenters. The average molecular weight is 327 g/mol. The molecular formula is C16H32Cl2S. The molecule has 0 aliphatic carbocycles. The van der Waals surface area contributed by atoms with E-state index in [9.17, 15) is 0 Å². The maximum atomic E-state index is 5.65. The van der Waals surface area contributed by atoms with Gasteiger partial charge >= 0.3 is 0 Å². The van der Waals surface area contributed by atoms with Gasteiger partial charge < -0.3 is 0 Å². The third-order valence-corrected chi connectivity index (χ3v) is 5.03. The second kappa shape index (κ2) is 18.9. The van der Waals surface area contributed by atoms with E-state index < -0.39 is 0 Å². The molecule has 0 saturated carbocycles. The molecule has 0 bridgehead atoms. The highest BCUT2D eigenvalue weighted by Gasteiger charge is 1.94. The van der Waals surface area contributed by atoms with Gasteiger partial charge in [0.15, 0.2) is 0 Å². The molecule has 0 rings (SSSR count). The number of alkyl halides is 2. The van der Waals surface area contributed by atoms with E-state index in [1.54, 1.807) is 0 Å². The lowest BCUT2D eigenvalue weighted by molar-refractivity contribution is 0.625. The Kier molecular flexibility index (Phi) is 19.9. The molecule has 116 valence electrons. The second-order valence-corrected chi connectivity index (χ2v) is 7.21. The van der Waals surface area contributed by atoms with Crippen molar-refractivity contribution in [2.24, 2.45) is 0 Å². The van der Waals surface area contributed by atoms with Crippen molar-refractivity contribution in [3.8, 4) is 0 Å². The number of unbranched alkanes of at least 4 members (excludes halogenated alkanes) is 10. The van der Waals surface area contributed by atoms with Gasteiger partial charge in [-0.3, -0.25) is 0 Å². The third kappa shape index (κ3) is 18.9. The van der Waals surface area contributed by atoms with Crippen molar-refractivity contribution in [1.82, 2.24) is 0 Å². The van der Waals surface area contributed by atoms with Crippen LogP contribution in [0.1, 0.15) is 77.0 Å². The molecule has 0 atom stereocenters. The van der Waals surface area contributed by atoms with Crippen LogP contribution in [0.5, 0.6) is 0 Å². The van der Waals surface area contributed by atoms with Gasteiger partial charge in [0.05, 0.1) is 0 Å². The zero-order valence-electron chi connectivity index (χ0n) is 12.5. The van der Waals surface area contributed by atoms with E-state index in [2.05, 4.69) is 11.8 Å².